The van der Waals surface area contributed by atoms with Crippen LogP contribution in [0.5, 0.6) is 0 Å². The van der Waals surface area contributed by atoms with Gasteiger partial charge in [-0.05, 0) is 32.6 Å². The van der Waals surface area contributed by atoms with E-state index in [2.05, 4.69) is 16.0 Å². The van der Waals surface area contributed by atoms with Gasteiger partial charge in [-0.1, -0.05) is 13.8 Å². The number of hydrogen-bond acceptors (Lipinski definition) is 8. The van der Waals surface area contributed by atoms with Crippen molar-refractivity contribution in [1.82, 2.24) is 16.0 Å². The van der Waals surface area contributed by atoms with Crippen molar-refractivity contribution in [2.75, 3.05) is 0 Å². The highest BCUT2D eigenvalue weighted by atomic mass is 16.4. The molecule has 4 amide bonds. The molecule has 13 heteroatoms. The van der Waals surface area contributed by atoms with E-state index in [4.69, 9.17) is 11.5 Å². The first-order valence-corrected chi connectivity index (χ1v) is 10.2. The number of aliphatic hydroxyl groups excluding tert-OH is 2. The largest absolute Gasteiger partial charge is 0.480 e. The molecule has 184 valence electrons. The van der Waals surface area contributed by atoms with Crippen molar-refractivity contribution >= 4 is 29.6 Å². The molecular weight excluding hydrogens is 426 g/mol. The van der Waals surface area contributed by atoms with Crippen LogP contribution in [0, 0.1) is 5.92 Å². The molecule has 0 heterocycles. The fourth-order valence-corrected chi connectivity index (χ4v) is 2.66. The minimum atomic E-state index is -1.54. The highest BCUT2D eigenvalue weighted by molar-refractivity contribution is 5.94. The third kappa shape index (κ3) is 10.5. The van der Waals surface area contributed by atoms with Gasteiger partial charge in [-0.3, -0.25) is 19.2 Å². The highest BCUT2D eigenvalue weighted by Crippen LogP contribution is 2.07. The lowest BCUT2D eigenvalue weighted by Crippen LogP contribution is -2.60. The number of rotatable bonds is 14. The van der Waals surface area contributed by atoms with Crippen LogP contribution < -0.4 is 27.4 Å². The van der Waals surface area contributed by atoms with Crippen molar-refractivity contribution in [3.05, 3.63) is 0 Å². The fraction of sp³-hybridized carbons (Fsp3) is 0.737. The fourth-order valence-electron chi connectivity index (χ4n) is 2.66. The maximum atomic E-state index is 12.7. The lowest BCUT2D eigenvalue weighted by atomic mass is 10.0. The van der Waals surface area contributed by atoms with E-state index in [1.165, 1.54) is 13.8 Å². The summed E-state index contributed by atoms with van der Waals surface area (Å²) in [6.45, 7) is 6.01. The molecular formula is C19H35N5O8. The first-order valence-electron chi connectivity index (χ1n) is 10.2. The molecule has 13 nitrogen and oxygen atoms in total. The van der Waals surface area contributed by atoms with Crippen molar-refractivity contribution in [2.24, 2.45) is 17.4 Å². The molecule has 0 radical (unpaired) electrons. The maximum Gasteiger partial charge on any atom is 0.326 e. The number of hydrogen-bond donors (Lipinski definition) is 8. The minimum absolute atomic E-state index is 0.0528. The average molecular weight is 462 g/mol. The molecule has 32 heavy (non-hydrogen) atoms. The van der Waals surface area contributed by atoms with Gasteiger partial charge in [-0.2, -0.15) is 0 Å². The van der Waals surface area contributed by atoms with Gasteiger partial charge in [-0.15, -0.1) is 0 Å². The lowest BCUT2D eigenvalue weighted by molar-refractivity contribution is -0.143. The van der Waals surface area contributed by atoms with Gasteiger partial charge in [-0.25, -0.2) is 4.79 Å². The summed E-state index contributed by atoms with van der Waals surface area (Å²) in [5.74, 6) is -4.84. The van der Waals surface area contributed by atoms with Gasteiger partial charge in [0.05, 0.1) is 12.2 Å². The van der Waals surface area contributed by atoms with Crippen molar-refractivity contribution in [3.63, 3.8) is 0 Å². The molecule has 0 aliphatic heterocycles. The Labute approximate surface area is 186 Å². The van der Waals surface area contributed by atoms with Gasteiger partial charge in [0.25, 0.3) is 0 Å². The summed E-state index contributed by atoms with van der Waals surface area (Å²) >= 11 is 0. The van der Waals surface area contributed by atoms with Crippen molar-refractivity contribution < 1.29 is 39.3 Å². The van der Waals surface area contributed by atoms with Gasteiger partial charge in [0, 0.05) is 6.42 Å². The van der Waals surface area contributed by atoms with Gasteiger partial charge < -0.3 is 42.7 Å². The van der Waals surface area contributed by atoms with Gasteiger partial charge in [0.15, 0.2) is 0 Å². The topological polar surface area (TPSA) is 234 Å². The Morgan fingerprint density at radius 2 is 1.34 bits per heavy atom. The van der Waals surface area contributed by atoms with E-state index in [9.17, 15) is 39.3 Å². The van der Waals surface area contributed by atoms with Crippen LogP contribution in [0.1, 0.15) is 47.0 Å². The second-order valence-electron chi connectivity index (χ2n) is 8.09. The number of carboxylic acid groups (broad SMARTS) is 1. The predicted molar refractivity (Wildman–Crippen MR) is 113 cm³/mol. The molecule has 0 aliphatic rings. The van der Waals surface area contributed by atoms with Crippen LogP contribution >= 0.6 is 0 Å². The highest BCUT2D eigenvalue weighted by Gasteiger charge is 2.33. The van der Waals surface area contributed by atoms with E-state index in [0.29, 0.717) is 0 Å². The summed E-state index contributed by atoms with van der Waals surface area (Å²) in [5.41, 5.74) is 10.6. The second-order valence-corrected chi connectivity index (χ2v) is 8.09. The van der Waals surface area contributed by atoms with Crippen LogP contribution in [0.2, 0.25) is 0 Å². The summed E-state index contributed by atoms with van der Waals surface area (Å²) in [5, 5.41) is 35.4. The zero-order valence-corrected chi connectivity index (χ0v) is 18.7. The molecule has 0 spiro atoms. The quantitative estimate of drug-likeness (QED) is 0.131. The summed E-state index contributed by atoms with van der Waals surface area (Å²) in [6, 6.07) is -5.51. The van der Waals surface area contributed by atoms with Crippen LogP contribution in [-0.4, -0.2) is 81.3 Å². The molecule has 0 saturated carbocycles. The van der Waals surface area contributed by atoms with Crippen molar-refractivity contribution in [1.29, 1.82) is 0 Å². The standard InChI is InChI=1S/C19H35N5O8/c1-8(2)7-12(19(31)32)23-16(28)11(5-6-13(20)27)22-18(30)15(10(4)26)24-17(29)14(21)9(3)25/h8-12,14-15,25-26H,5-7,21H2,1-4H3,(H2,20,27)(H,22,30)(H,23,28)(H,24,29)(H,31,32). The molecule has 0 aromatic heterocycles. The molecule has 6 atom stereocenters. The number of primary amides is 1. The van der Waals surface area contributed by atoms with Crippen LogP contribution in [0.4, 0.5) is 0 Å². The summed E-state index contributed by atoms with van der Waals surface area (Å²) < 4.78 is 0. The third-order valence-electron chi connectivity index (χ3n) is 4.52. The number of aliphatic carboxylic acids is 1. The van der Waals surface area contributed by atoms with Gasteiger partial charge in [0.2, 0.25) is 23.6 Å². The zero-order valence-electron chi connectivity index (χ0n) is 18.7. The Kier molecular flexibility index (Phi) is 12.4. The first-order chi connectivity index (χ1) is 14.7. The predicted octanol–water partition coefficient (Wildman–Crippen LogP) is -3.07. The van der Waals surface area contributed by atoms with Crippen LogP contribution in [0.3, 0.4) is 0 Å². The number of carboxylic acids is 1. The van der Waals surface area contributed by atoms with Gasteiger partial charge >= 0.3 is 5.97 Å². The molecule has 10 N–H and O–H groups in total. The van der Waals surface area contributed by atoms with E-state index < -0.39 is 66.0 Å². The van der Waals surface area contributed by atoms with E-state index >= 15 is 0 Å². The Morgan fingerprint density at radius 3 is 1.75 bits per heavy atom. The maximum absolute atomic E-state index is 12.7. The monoisotopic (exact) mass is 461 g/mol. The Bertz CT molecular complexity index is 683. The smallest absolute Gasteiger partial charge is 0.326 e. The third-order valence-corrected chi connectivity index (χ3v) is 4.52. The normalized spacial score (nSPS) is 16.8. The minimum Gasteiger partial charge on any atom is -0.480 e. The molecule has 0 aromatic carbocycles. The van der Waals surface area contributed by atoms with E-state index in [0.717, 1.165) is 0 Å². The SMILES string of the molecule is CC(C)CC(NC(=O)C(CCC(N)=O)NC(=O)C(NC(=O)C(N)C(C)O)C(C)O)C(=O)O. The summed E-state index contributed by atoms with van der Waals surface area (Å²) in [7, 11) is 0. The van der Waals surface area contributed by atoms with Crippen LogP contribution in [-0.2, 0) is 24.0 Å². The molecule has 0 rings (SSSR count). The van der Waals surface area contributed by atoms with Crippen molar-refractivity contribution in [2.45, 2.75) is 83.3 Å². The Hall–Kier alpha value is -2.77. The van der Waals surface area contributed by atoms with E-state index in [1.807, 2.05) is 0 Å². The van der Waals surface area contributed by atoms with Crippen LogP contribution in [0.25, 0.3) is 0 Å². The molecule has 0 bridgehead atoms. The second kappa shape index (κ2) is 13.6. The number of carbonyl (C=O) groups is 5. The Morgan fingerprint density at radius 1 is 0.812 bits per heavy atom. The Balaban J connectivity index is 5.52. The number of aliphatic hydroxyl groups is 2. The molecule has 0 fully saturated rings. The number of nitrogens with one attached hydrogen (secondary N) is 3. The summed E-state index contributed by atoms with van der Waals surface area (Å²) in [4.78, 5) is 60.0. The lowest BCUT2D eigenvalue weighted by Gasteiger charge is -2.27. The first kappa shape index (κ1) is 29.2. The number of carbonyl (C=O) groups excluding carboxylic acids is 4. The molecule has 0 aliphatic carbocycles. The van der Waals surface area contributed by atoms with Gasteiger partial charge in [0.1, 0.15) is 24.2 Å². The number of nitrogens with two attached hydrogens (primary N) is 2. The summed E-state index contributed by atoms with van der Waals surface area (Å²) in [6.07, 6.45) is -3.04. The molecule has 0 saturated heterocycles. The van der Waals surface area contributed by atoms with Crippen molar-refractivity contribution in [3.8, 4) is 0 Å². The average Bonchev–Trinajstić information content (AvgIpc) is 2.66. The number of amides is 4. The van der Waals surface area contributed by atoms with Crippen LogP contribution in [0.15, 0.2) is 0 Å². The van der Waals surface area contributed by atoms with E-state index in [1.54, 1.807) is 13.8 Å². The zero-order chi connectivity index (χ0) is 25.2. The molecule has 6 unspecified atom stereocenters. The molecule has 0 aromatic rings. The van der Waals surface area contributed by atoms with E-state index in [-0.39, 0.29) is 25.2 Å².